The molecule has 0 aromatic rings. The summed E-state index contributed by atoms with van der Waals surface area (Å²) in [5, 5.41) is 10.7. The first-order valence-corrected chi connectivity index (χ1v) is 6.01. The number of hydroxylamine groups is 2. The molecule has 1 heterocycles. The first-order valence-electron chi connectivity index (χ1n) is 6.01. The molecule has 1 saturated heterocycles. The molecule has 0 aliphatic carbocycles. The number of hydrogen-bond donors (Lipinski definition) is 1. The molecule has 1 aliphatic rings. The fraction of sp³-hybridized carbons (Fsp3) is 0.769. The van der Waals surface area contributed by atoms with Gasteiger partial charge in [0, 0.05) is 11.1 Å². The van der Waals surface area contributed by atoms with Crippen molar-refractivity contribution in [1.29, 1.82) is 0 Å². The Labute approximate surface area is 103 Å². The standard InChI is InChI=1S/C13H23NO3/c1-10(11(15)16)9-17-14-12(2,3)7-6-8-13(14,4)5/h1,6-9H2,2-5H3,(H,15,16). The van der Waals surface area contributed by atoms with E-state index in [4.69, 9.17) is 9.94 Å². The average molecular weight is 241 g/mol. The summed E-state index contributed by atoms with van der Waals surface area (Å²) in [6.07, 6.45) is 3.27. The van der Waals surface area contributed by atoms with Crippen LogP contribution in [0.1, 0.15) is 47.0 Å². The molecule has 4 nitrogen and oxygen atoms in total. The molecule has 1 aliphatic heterocycles. The Balaban J connectivity index is 2.71. The molecule has 1 fully saturated rings. The molecule has 1 N–H and O–H groups in total. The van der Waals surface area contributed by atoms with Gasteiger partial charge in [-0.25, -0.2) is 4.79 Å². The fourth-order valence-corrected chi connectivity index (χ4v) is 2.53. The minimum atomic E-state index is -1.00. The topological polar surface area (TPSA) is 49.8 Å². The zero-order valence-electron chi connectivity index (χ0n) is 11.2. The molecule has 0 unspecified atom stereocenters. The summed E-state index contributed by atoms with van der Waals surface area (Å²) in [6, 6.07) is 0. The van der Waals surface area contributed by atoms with Gasteiger partial charge in [0.1, 0.15) is 6.61 Å². The summed E-state index contributed by atoms with van der Waals surface area (Å²) in [6.45, 7) is 12.0. The first-order chi connectivity index (χ1) is 7.67. The van der Waals surface area contributed by atoms with E-state index in [9.17, 15) is 4.79 Å². The van der Waals surface area contributed by atoms with Crippen LogP contribution in [0, 0.1) is 0 Å². The van der Waals surface area contributed by atoms with Crippen LogP contribution in [0.3, 0.4) is 0 Å². The van der Waals surface area contributed by atoms with Gasteiger partial charge in [-0.15, -0.1) is 0 Å². The van der Waals surface area contributed by atoms with Crippen LogP contribution in [0.15, 0.2) is 12.2 Å². The van der Waals surface area contributed by atoms with Gasteiger partial charge < -0.3 is 5.11 Å². The second-order valence-electron chi connectivity index (χ2n) is 5.95. The van der Waals surface area contributed by atoms with Gasteiger partial charge in [-0.2, -0.15) is 5.06 Å². The van der Waals surface area contributed by atoms with Crippen molar-refractivity contribution in [2.45, 2.75) is 58.0 Å². The SMILES string of the molecule is C=C(CON1C(C)(C)CCCC1(C)C)C(=O)O. The quantitative estimate of drug-likeness (QED) is 0.769. The van der Waals surface area contributed by atoms with Crippen LogP contribution in [-0.4, -0.2) is 33.8 Å². The normalized spacial score (nSPS) is 23.3. The van der Waals surface area contributed by atoms with Crippen LogP contribution in [0.5, 0.6) is 0 Å². The fourth-order valence-electron chi connectivity index (χ4n) is 2.53. The predicted octanol–water partition coefficient (Wildman–Crippen LogP) is 2.60. The maximum absolute atomic E-state index is 10.7. The largest absolute Gasteiger partial charge is 0.478 e. The van der Waals surface area contributed by atoms with Crippen LogP contribution >= 0.6 is 0 Å². The monoisotopic (exact) mass is 241 g/mol. The van der Waals surface area contributed by atoms with E-state index >= 15 is 0 Å². The van der Waals surface area contributed by atoms with E-state index in [-0.39, 0.29) is 23.3 Å². The number of carbonyl (C=O) groups is 1. The Morgan fingerprint density at radius 1 is 1.29 bits per heavy atom. The van der Waals surface area contributed by atoms with E-state index in [1.54, 1.807) is 0 Å². The van der Waals surface area contributed by atoms with E-state index < -0.39 is 5.97 Å². The highest BCUT2D eigenvalue weighted by Gasteiger charge is 2.42. The molecule has 0 aromatic heterocycles. The van der Waals surface area contributed by atoms with E-state index in [0.29, 0.717) is 0 Å². The third-order valence-electron chi connectivity index (χ3n) is 3.35. The van der Waals surface area contributed by atoms with Crippen molar-refractivity contribution in [2.75, 3.05) is 6.61 Å². The Morgan fingerprint density at radius 2 is 1.76 bits per heavy atom. The van der Waals surface area contributed by atoms with Crippen LogP contribution in [0.25, 0.3) is 0 Å². The number of rotatable bonds is 4. The number of nitrogens with zero attached hydrogens (tertiary/aromatic N) is 1. The third-order valence-corrected chi connectivity index (χ3v) is 3.35. The van der Waals surface area contributed by atoms with E-state index in [2.05, 4.69) is 34.3 Å². The zero-order valence-corrected chi connectivity index (χ0v) is 11.2. The number of carboxylic acid groups (broad SMARTS) is 1. The lowest BCUT2D eigenvalue weighted by Crippen LogP contribution is -2.58. The summed E-state index contributed by atoms with van der Waals surface area (Å²) >= 11 is 0. The molecule has 4 heteroatoms. The van der Waals surface area contributed by atoms with Crippen molar-refractivity contribution >= 4 is 5.97 Å². The molecule has 0 radical (unpaired) electrons. The lowest BCUT2D eigenvalue weighted by Gasteiger charge is -2.51. The Hall–Kier alpha value is -0.870. The van der Waals surface area contributed by atoms with Gasteiger partial charge in [0.2, 0.25) is 0 Å². The average Bonchev–Trinajstić information content (AvgIpc) is 2.14. The number of aliphatic carboxylic acids is 1. The van der Waals surface area contributed by atoms with Gasteiger partial charge in [-0.3, -0.25) is 4.84 Å². The third kappa shape index (κ3) is 3.30. The van der Waals surface area contributed by atoms with Gasteiger partial charge in [-0.05, 0) is 47.0 Å². The molecule has 1 rings (SSSR count). The van der Waals surface area contributed by atoms with E-state index in [0.717, 1.165) is 12.8 Å². The second-order valence-corrected chi connectivity index (χ2v) is 5.95. The molecule has 0 saturated carbocycles. The van der Waals surface area contributed by atoms with Gasteiger partial charge in [0.05, 0.1) is 5.57 Å². The second kappa shape index (κ2) is 4.78. The zero-order chi connectivity index (χ0) is 13.3. The maximum atomic E-state index is 10.7. The lowest BCUT2D eigenvalue weighted by atomic mass is 9.82. The van der Waals surface area contributed by atoms with Gasteiger partial charge in [0.25, 0.3) is 0 Å². The molecular formula is C13H23NO3. The van der Waals surface area contributed by atoms with Gasteiger partial charge >= 0.3 is 5.97 Å². The number of piperidine rings is 1. The molecule has 17 heavy (non-hydrogen) atoms. The number of hydrogen-bond acceptors (Lipinski definition) is 3. The van der Waals surface area contributed by atoms with Gasteiger partial charge in [-0.1, -0.05) is 6.58 Å². The smallest absolute Gasteiger partial charge is 0.333 e. The number of carboxylic acids is 1. The van der Waals surface area contributed by atoms with Crippen molar-refractivity contribution < 1.29 is 14.7 Å². The molecule has 0 aromatic carbocycles. The van der Waals surface area contributed by atoms with Crippen LogP contribution in [0.2, 0.25) is 0 Å². The summed E-state index contributed by atoms with van der Waals surface area (Å²) in [5.74, 6) is -1.00. The highest BCUT2D eigenvalue weighted by molar-refractivity contribution is 5.85. The summed E-state index contributed by atoms with van der Waals surface area (Å²) < 4.78 is 0. The van der Waals surface area contributed by atoms with E-state index in [1.807, 2.05) is 5.06 Å². The lowest BCUT2D eigenvalue weighted by molar-refractivity contribution is -0.275. The maximum Gasteiger partial charge on any atom is 0.333 e. The van der Waals surface area contributed by atoms with Crippen molar-refractivity contribution in [1.82, 2.24) is 5.06 Å². The van der Waals surface area contributed by atoms with Crippen molar-refractivity contribution in [3.8, 4) is 0 Å². The van der Waals surface area contributed by atoms with Crippen molar-refractivity contribution in [3.05, 3.63) is 12.2 Å². The van der Waals surface area contributed by atoms with Crippen LogP contribution in [-0.2, 0) is 9.63 Å². The molecule has 98 valence electrons. The minimum Gasteiger partial charge on any atom is -0.478 e. The molecule has 0 bridgehead atoms. The molecule has 0 spiro atoms. The Morgan fingerprint density at radius 3 is 2.18 bits per heavy atom. The summed E-state index contributed by atoms with van der Waals surface area (Å²) in [5.41, 5.74) is -0.0525. The Kier molecular flexibility index (Phi) is 3.99. The van der Waals surface area contributed by atoms with Crippen LogP contribution in [0.4, 0.5) is 0 Å². The Bertz CT molecular complexity index is 305. The van der Waals surface area contributed by atoms with Crippen molar-refractivity contribution in [3.63, 3.8) is 0 Å². The molecular weight excluding hydrogens is 218 g/mol. The molecule has 0 atom stereocenters. The minimum absolute atomic E-state index is 0.0438. The first kappa shape index (κ1) is 14.2. The van der Waals surface area contributed by atoms with E-state index in [1.165, 1.54) is 6.42 Å². The highest BCUT2D eigenvalue weighted by atomic mass is 16.7. The van der Waals surface area contributed by atoms with Crippen LogP contribution < -0.4 is 0 Å². The summed E-state index contributed by atoms with van der Waals surface area (Å²) in [7, 11) is 0. The van der Waals surface area contributed by atoms with Crippen molar-refractivity contribution in [2.24, 2.45) is 0 Å². The summed E-state index contributed by atoms with van der Waals surface area (Å²) in [4.78, 5) is 16.4. The highest BCUT2D eigenvalue weighted by Crippen LogP contribution is 2.38. The predicted molar refractivity (Wildman–Crippen MR) is 66.6 cm³/mol. The molecule has 0 amide bonds. The van der Waals surface area contributed by atoms with Gasteiger partial charge in [0.15, 0.2) is 0 Å².